The predicted molar refractivity (Wildman–Crippen MR) is 110 cm³/mol. The number of methoxy groups -OCH3 is 1. The van der Waals surface area contributed by atoms with Crippen LogP contribution in [0.1, 0.15) is 33.7 Å². The number of amides is 1. The lowest BCUT2D eigenvalue weighted by Crippen LogP contribution is -2.25. The van der Waals surface area contributed by atoms with Crippen molar-refractivity contribution in [3.05, 3.63) is 66.0 Å². The Kier molecular flexibility index (Phi) is 5.53. The van der Waals surface area contributed by atoms with E-state index >= 15 is 0 Å². The summed E-state index contributed by atoms with van der Waals surface area (Å²) in [5.74, 6) is -0.960. The Morgan fingerprint density at radius 2 is 1.74 bits per heavy atom. The van der Waals surface area contributed by atoms with E-state index in [4.69, 9.17) is 0 Å². The average Bonchev–Trinajstić information content (AvgIpc) is 3.44. The summed E-state index contributed by atoms with van der Waals surface area (Å²) in [7, 11) is -2.30. The van der Waals surface area contributed by atoms with Crippen molar-refractivity contribution in [3.8, 4) is 5.69 Å². The Labute approximate surface area is 178 Å². The summed E-state index contributed by atoms with van der Waals surface area (Å²) < 4.78 is 33.0. The highest BCUT2D eigenvalue weighted by Crippen LogP contribution is 2.22. The number of carbonyl (C=O) groups excluding carboxylic acids is 2. The maximum atomic E-state index is 12.5. The standard InChI is InChI=1S/C20H19N5O5S/c1-30-20(27)18-12-25(24-22-18)16-8-6-14(7-9-16)21-19(26)13-2-10-17(11-3-13)31(28,29)23-15-4-5-15/h2-3,6-12,15,23H,4-5H2,1H3,(H,21,26). The van der Waals surface area contributed by atoms with Crippen LogP contribution in [0.3, 0.4) is 0 Å². The highest BCUT2D eigenvalue weighted by molar-refractivity contribution is 7.89. The number of aromatic nitrogens is 3. The quantitative estimate of drug-likeness (QED) is 0.534. The molecule has 0 unspecified atom stereocenters. The highest BCUT2D eigenvalue weighted by Gasteiger charge is 2.28. The number of ether oxygens (including phenoxy) is 1. The van der Waals surface area contributed by atoms with Crippen LogP contribution in [0.25, 0.3) is 5.69 Å². The third-order valence-electron chi connectivity index (χ3n) is 4.60. The molecule has 160 valence electrons. The molecule has 1 saturated carbocycles. The van der Waals surface area contributed by atoms with Gasteiger partial charge in [-0.2, -0.15) is 0 Å². The fourth-order valence-electron chi connectivity index (χ4n) is 2.76. The van der Waals surface area contributed by atoms with Crippen molar-refractivity contribution in [2.75, 3.05) is 12.4 Å². The SMILES string of the molecule is COC(=O)c1cn(-c2ccc(NC(=O)c3ccc(S(=O)(=O)NC4CC4)cc3)cc2)nn1. The summed E-state index contributed by atoms with van der Waals surface area (Å²) in [6.45, 7) is 0. The number of benzene rings is 2. The van der Waals surface area contributed by atoms with Gasteiger partial charge in [0, 0.05) is 17.3 Å². The molecule has 11 heteroatoms. The van der Waals surface area contributed by atoms with E-state index in [1.807, 2.05) is 0 Å². The molecule has 1 aliphatic rings. The average molecular weight is 441 g/mol. The van der Waals surface area contributed by atoms with Gasteiger partial charge in [0.05, 0.1) is 23.9 Å². The molecule has 3 aromatic rings. The van der Waals surface area contributed by atoms with Crippen molar-refractivity contribution in [2.24, 2.45) is 0 Å². The van der Waals surface area contributed by atoms with Gasteiger partial charge in [-0.3, -0.25) is 4.79 Å². The molecule has 0 atom stereocenters. The van der Waals surface area contributed by atoms with Gasteiger partial charge in [-0.1, -0.05) is 5.21 Å². The molecule has 0 spiro atoms. The number of hydrogen-bond donors (Lipinski definition) is 2. The van der Waals surface area contributed by atoms with E-state index in [2.05, 4.69) is 25.1 Å². The maximum Gasteiger partial charge on any atom is 0.360 e. The van der Waals surface area contributed by atoms with Crippen LogP contribution < -0.4 is 10.0 Å². The Morgan fingerprint density at radius 1 is 1.06 bits per heavy atom. The third kappa shape index (κ3) is 4.78. The number of sulfonamides is 1. The minimum absolute atomic E-state index is 0.0144. The number of nitrogens with zero attached hydrogens (tertiary/aromatic N) is 3. The third-order valence-corrected chi connectivity index (χ3v) is 6.14. The molecule has 0 aliphatic heterocycles. The van der Waals surface area contributed by atoms with Crippen LogP contribution >= 0.6 is 0 Å². The molecular formula is C20H19N5O5S. The van der Waals surface area contributed by atoms with Gasteiger partial charge in [0.1, 0.15) is 0 Å². The van der Waals surface area contributed by atoms with Crippen LogP contribution in [-0.4, -0.2) is 48.4 Å². The van der Waals surface area contributed by atoms with Crippen molar-refractivity contribution >= 4 is 27.6 Å². The van der Waals surface area contributed by atoms with E-state index in [1.165, 1.54) is 42.3 Å². The van der Waals surface area contributed by atoms with Gasteiger partial charge in [-0.15, -0.1) is 5.10 Å². The van der Waals surface area contributed by atoms with Gasteiger partial charge >= 0.3 is 5.97 Å². The molecule has 1 aliphatic carbocycles. The molecule has 1 heterocycles. The van der Waals surface area contributed by atoms with Crippen LogP contribution in [0.15, 0.2) is 59.6 Å². The molecule has 4 rings (SSSR count). The fourth-order valence-corrected chi connectivity index (χ4v) is 4.07. The van der Waals surface area contributed by atoms with Gasteiger partial charge in [-0.05, 0) is 61.4 Å². The number of nitrogens with one attached hydrogen (secondary N) is 2. The smallest absolute Gasteiger partial charge is 0.360 e. The summed E-state index contributed by atoms with van der Waals surface area (Å²) in [4.78, 5) is 24.1. The molecule has 2 N–H and O–H groups in total. The summed E-state index contributed by atoms with van der Waals surface area (Å²) in [5, 5.41) is 10.4. The first-order chi connectivity index (χ1) is 14.9. The normalized spacial score (nSPS) is 13.6. The summed E-state index contributed by atoms with van der Waals surface area (Å²) in [5.41, 5.74) is 1.58. The van der Waals surface area contributed by atoms with E-state index < -0.39 is 16.0 Å². The first-order valence-electron chi connectivity index (χ1n) is 9.40. The van der Waals surface area contributed by atoms with E-state index in [0.29, 0.717) is 16.9 Å². The predicted octanol–water partition coefficient (Wildman–Crippen LogP) is 1.75. The molecule has 1 aromatic heterocycles. The van der Waals surface area contributed by atoms with Crippen LogP contribution in [0.5, 0.6) is 0 Å². The van der Waals surface area contributed by atoms with Crippen LogP contribution in [-0.2, 0) is 14.8 Å². The lowest BCUT2D eigenvalue weighted by atomic mass is 10.2. The monoisotopic (exact) mass is 441 g/mol. The first-order valence-corrected chi connectivity index (χ1v) is 10.9. The van der Waals surface area contributed by atoms with Gasteiger partial charge in [0.15, 0.2) is 5.69 Å². The largest absolute Gasteiger partial charge is 0.464 e. The van der Waals surface area contributed by atoms with E-state index in [1.54, 1.807) is 24.3 Å². The second kappa shape index (κ2) is 8.28. The fraction of sp³-hybridized carbons (Fsp3) is 0.200. The maximum absolute atomic E-state index is 12.5. The highest BCUT2D eigenvalue weighted by atomic mass is 32.2. The van der Waals surface area contributed by atoms with Gasteiger partial charge in [0.2, 0.25) is 10.0 Å². The molecule has 0 saturated heterocycles. The van der Waals surface area contributed by atoms with Gasteiger partial charge < -0.3 is 10.1 Å². The second-order valence-corrected chi connectivity index (χ2v) is 8.67. The molecule has 10 nitrogen and oxygen atoms in total. The van der Waals surface area contributed by atoms with E-state index in [0.717, 1.165) is 12.8 Å². The zero-order valence-electron chi connectivity index (χ0n) is 16.5. The molecule has 0 bridgehead atoms. The van der Waals surface area contributed by atoms with Crippen molar-refractivity contribution in [2.45, 2.75) is 23.8 Å². The van der Waals surface area contributed by atoms with Crippen molar-refractivity contribution in [1.29, 1.82) is 0 Å². The van der Waals surface area contributed by atoms with Crippen molar-refractivity contribution < 1.29 is 22.7 Å². The number of rotatable bonds is 7. The van der Waals surface area contributed by atoms with E-state index in [9.17, 15) is 18.0 Å². The minimum Gasteiger partial charge on any atom is -0.464 e. The lowest BCUT2D eigenvalue weighted by Gasteiger charge is -2.08. The summed E-state index contributed by atoms with van der Waals surface area (Å²) >= 11 is 0. The van der Waals surface area contributed by atoms with Crippen molar-refractivity contribution in [1.82, 2.24) is 19.7 Å². The van der Waals surface area contributed by atoms with Gasteiger partial charge in [-0.25, -0.2) is 22.6 Å². The Balaban J connectivity index is 1.41. The Morgan fingerprint density at radius 3 is 2.35 bits per heavy atom. The molecule has 2 aromatic carbocycles. The van der Waals surface area contributed by atoms with Crippen LogP contribution in [0, 0.1) is 0 Å². The number of anilines is 1. The zero-order valence-corrected chi connectivity index (χ0v) is 17.3. The lowest BCUT2D eigenvalue weighted by molar-refractivity contribution is 0.0593. The number of esters is 1. The van der Waals surface area contributed by atoms with Crippen LogP contribution in [0.2, 0.25) is 0 Å². The first kappa shape index (κ1) is 20.7. The molecular weight excluding hydrogens is 422 g/mol. The Bertz CT molecular complexity index is 1220. The van der Waals surface area contributed by atoms with Crippen LogP contribution in [0.4, 0.5) is 5.69 Å². The molecule has 1 fully saturated rings. The van der Waals surface area contributed by atoms with Gasteiger partial charge in [0.25, 0.3) is 5.91 Å². The summed E-state index contributed by atoms with van der Waals surface area (Å²) in [6, 6.07) is 12.5. The molecule has 0 radical (unpaired) electrons. The number of hydrogen-bond acceptors (Lipinski definition) is 7. The summed E-state index contributed by atoms with van der Waals surface area (Å²) in [6.07, 6.45) is 3.14. The van der Waals surface area contributed by atoms with E-state index in [-0.39, 0.29) is 22.5 Å². The Hall–Kier alpha value is -3.57. The van der Waals surface area contributed by atoms with Crippen molar-refractivity contribution in [3.63, 3.8) is 0 Å². The molecule has 31 heavy (non-hydrogen) atoms. The minimum atomic E-state index is -3.56. The molecule has 1 amide bonds. The zero-order chi connectivity index (χ0) is 22.0. The number of carbonyl (C=O) groups is 2. The topological polar surface area (TPSA) is 132 Å². The second-order valence-electron chi connectivity index (χ2n) is 6.96.